The van der Waals surface area contributed by atoms with Crippen molar-refractivity contribution in [2.75, 3.05) is 6.54 Å². The number of aliphatic carboxylic acids is 3. The largest absolute Gasteiger partial charge is 0.481 e. The van der Waals surface area contributed by atoms with Crippen LogP contribution in [-0.4, -0.2) is 101 Å². The highest BCUT2D eigenvalue weighted by atomic mass is 16.6. The Kier molecular flexibility index (Phi) is 11.5. The van der Waals surface area contributed by atoms with E-state index in [0.717, 1.165) is 0 Å². The summed E-state index contributed by atoms with van der Waals surface area (Å²) in [4.78, 5) is 105. The van der Waals surface area contributed by atoms with Crippen molar-refractivity contribution in [3.8, 4) is 0 Å². The number of carbonyl (C=O) groups is 7. The number of non-ortho nitro benzene ring substituents is 1. The molecule has 0 saturated carbocycles. The van der Waals surface area contributed by atoms with E-state index in [9.17, 15) is 64.0 Å². The third kappa shape index (κ3) is 8.65. The third-order valence-corrected chi connectivity index (χ3v) is 6.08. The van der Waals surface area contributed by atoms with Gasteiger partial charge in [-0.15, -0.1) is 0 Å². The van der Waals surface area contributed by atoms with Gasteiger partial charge in [-0.05, 0) is 43.4 Å². The number of rotatable bonds is 16. The average molecular weight is 611 g/mol. The third-order valence-electron chi connectivity index (χ3n) is 6.08. The fourth-order valence-electron chi connectivity index (χ4n) is 3.98. The Bertz CT molecular complexity index is 1310. The lowest BCUT2D eigenvalue weighted by Gasteiger charge is -2.38. The molecule has 1 fully saturated rings. The van der Waals surface area contributed by atoms with Crippen LogP contribution in [0.5, 0.6) is 0 Å². The van der Waals surface area contributed by atoms with Gasteiger partial charge in [0.2, 0.25) is 0 Å². The fraction of sp³-hybridized carbons (Fsp3) is 0.435. The molecule has 1 aliphatic rings. The highest BCUT2D eigenvalue weighted by Crippen LogP contribution is 2.24. The number of carbonyl (C=O) groups excluding carboxylic acids is 4. The zero-order valence-electron chi connectivity index (χ0n) is 22.0. The predicted molar refractivity (Wildman–Crippen MR) is 135 cm³/mol. The number of alkyl carbamates (subject to hydrolysis) is 1. The summed E-state index contributed by atoms with van der Waals surface area (Å²) in [6, 6.07) is -3.76. The zero-order chi connectivity index (χ0) is 32.4. The predicted octanol–water partition coefficient (Wildman–Crippen LogP) is 0.199. The first kappa shape index (κ1) is 33.5. The summed E-state index contributed by atoms with van der Waals surface area (Å²) in [6.45, 7) is -0.313. The fourth-order valence-corrected chi connectivity index (χ4v) is 3.98. The molecule has 43 heavy (non-hydrogen) atoms. The number of ether oxygens (including phenoxy) is 1. The molecule has 0 bridgehead atoms. The standard InChI is InChI=1S/C23H25N5O15/c29-16(30)9-8-15(21(35)36)26-19(32)17(28(41)42)18(31)25(23(26)38)14(20(33)34)3-1-2-10-24-22(37)43-11-12-4-6-13(7-5-12)27(39)40/h4-7,14-15,17H,1-3,8-11H2,(H,24,37)(H,29,30)(H,33,34)(H,35,36)/t14-,15-,17?/m0/s1. The molecule has 0 radical (unpaired) electrons. The van der Waals surface area contributed by atoms with Gasteiger partial charge in [0.15, 0.2) is 0 Å². The highest BCUT2D eigenvalue weighted by Gasteiger charge is 2.58. The van der Waals surface area contributed by atoms with Crippen molar-refractivity contribution in [1.82, 2.24) is 15.1 Å². The van der Waals surface area contributed by atoms with Gasteiger partial charge in [-0.3, -0.25) is 34.6 Å². The molecule has 1 unspecified atom stereocenters. The summed E-state index contributed by atoms with van der Waals surface area (Å²) in [5, 5.41) is 52.6. The van der Waals surface area contributed by atoms with Gasteiger partial charge in [0.05, 0.1) is 4.92 Å². The van der Waals surface area contributed by atoms with Crippen LogP contribution < -0.4 is 5.32 Å². The van der Waals surface area contributed by atoms with Crippen LogP contribution in [0.25, 0.3) is 0 Å². The molecule has 0 aromatic heterocycles. The quantitative estimate of drug-likeness (QED) is 0.0839. The summed E-state index contributed by atoms with van der Waals surface area (Å²) in [6.07, 6.45) is -3.22. The number of unbranched alkanes of at least 4 members (excludes halogenated alkanes) is 1. The van der Waals surface area contributed by atoms with Crippen molar-refractivity contribution < 1.29 is 63.5 Å². The Labute approximate surface area is 240 Å². The van der Waals surface area contributed by atoms with Crippen molar-refractivity contribution in [2.45, 2.75) is 56.8 Å². The molecule has 3 atom stereocenters. The Balaban J connectivity index is 2.06. The number of barbiturate groups is 1. The highest BCUT2D eigenvalue weighted by molar-refractivity contribution is 6.20. The van der Waals surface area contributed by atoms with E-state index in [-0.39, 0.29) is 41.5 Å². The number of nitrogens with zero attached hydrogens (tertiary/aromatic N) is 4. The topological polar surface area (TPSA) is 294 Å². The Hall–Kier alpha value is -5.69. The monoisotopic (exact) mass is 611 g/mol. The van der Waals surface area contributed by atoms with Gasteiger partial charge in [0.25, 0.3) is 5.69 Å². The molecule has 1 aromatic carbocycles. The molecular formula is C23H25N5O15. The maximum absolute atomic E-state index is 13.1. The van der Waals surface area contributed by atoms with E-state index in [2.05, 4.69) is 5.32 Å². The molecule has 20 nitrogen and oxygen atoms in total. The number of nitro benzene ring substituents is 1. The number of hydrogen-bond acceptors (Lipinski definition) is 12. The van der Waals surface area contributed by atoms with Gasteiger partial charge in [0, 0.05) is 30.0 Å². The second kappa shape index (κ2) is 14.8. The van der Waals surface area contributed by atoms with E-state index in [1.165, 1.54) is 24.3 Å². The summed E-state index contributed by atoms with van der Waals surface area (Å²) < 4.78 is 4.95. The minimum atomic E-state index is -2.85. The van der Waals surface area contributed by atoms with Crippen LogP contribution >= 0.6 is 0 Å². The minimum absolute atomic E-state index is 0.0459. The number of hydrogen-bond donors (Lipinski definition) is 4. The first-order valence-electron chi connectivity index (χ1n) is 12.3. The van der Waals surface area contributed by atoms with Crippen molar-refractivity contribution in [2.24, 2.45) is 0 Å². The van der Waals surface area contributed by atoms with Crippen molar-refractivity contribution >= 4 is 47.5 Å². The molecule has 0 spiro atoms. The van der Waals surface area contributed by atoms with Crippen molar-refractivity contribution in [3.63, 3.8) is 0 Å². The number of urea groups is 1. The number of nitrogens with one attached hydrogen (secondary N) is 1. The zero-order valence-corrected chi connectivity index (χ0v) is 22.0. The molecule has 5 amide bonds. The van der Waals surface area contributed by atoms with Gasteiger partial charge in [-0.2, -0.15) is 0 Å². The smallest absolute Gasteiger partial charge is 0.407 e. The SMILES string of the molecule is O=C(O)CC[C@@H](C(=O)O)N1C(=O)C([N+](=O)[O-])C(=O)N([C@@H](CCCCNC(=O)OCc2ccc([N+](=O)[O-])cc2)C(=O)O)C1=O. The number of amides is 5. The molecule has 20 heteroatoms. The maximum Gasteiger partial charge on any atom is 0.407 e. The molecule has 1 aliphatic heterocycles. The van der Waals surface area contributed by atoms with Gasteiger partial charge in [-0.25, -0.2) is 29.0 Å². The van der Waals surface area contributed by atoms with E-state index in [0.29, 0.717) is 5.56 Å². The van der Waals surface area contributed by atoms with Crippen LogP contribution in [0, 0.1) is 20.2 Å². The first-order valence-corrected chi connectivity index (χ1v) is 12.3. The molecule has 4 N–H and O–H groups in total. The molecule has 232 valence electrons. The van der Waals surface area contributed by atoms with Crippen LogP contribution in [-0.2, 0) is 35.3 Å². The lowest BCUT2D eigenvalue weighted by Crippen LogP contribution is -2.70. The van der Waals surface area contributed by atoms with Crippen LogP contribution in [0.15, 0.2) is 24.3 Å². The van der Waals surface area contributed by atoms with Gasteiger partial charge in [-0.1, -0.05) is 0 Å². The molecule has 2 rings (SSSR count). The Morgan fingerprint density at radius 1 is 0.884 bits per heavy atom. The van der Waals surface area contributed by atoms with Gasteiger partial charge < -0.3 is 25.4 Å². The lowest BCUT2D eigenvalue weighted by molar-refractivity contribution is -0.497. The summed E-state index contributed by atoms with van der Waals surface area (Å²) in [7, 11) is 0. The van der Waals surface area contributed by atoms with E-state index in [1.54, 1.807) is 0 Å². The van der Waals surface area contributed by atoms with E-state index >= 15 is 0 Å². The molecule has 0 aliphatic carbocycles. The minimum Gasteiger partial charge on any atom is -0.481 e. The first-order chi connectivity index (χ1) is 20.2. The van der Waals surface area contributed by atoms with Gasteiger partial charge in [0.1, 0.15) is 18.7 Å². The molecular weight excluding hydrogens is 586 g/mol. The Morgan fingerprint density at radius 3 is 1.88 bits per heavy atom. The second-order valence-corrected chi connectivity index (χ2v) is 8.95. The second-order valence-electron chi connectivity index (χ2n) is 8.95. The summed E-state index contributed by atoms with van der Waals surface area (Å²) >= 11 is 0. The van der Waals surface area contributed by atoms with E-state index in [4.69, 9.17) is 9.84 Å². The number of nitro groups is 2. The molecule has 1 heterocycles. The van der Waals surface area contributed by atoms with E-state index < -0.39 is 89.1 Å². The number of imide groups is 2. The maximum atomic E-state index is 13.1. The number of benzene rings is 1. The summed E-state index contributed by atoms with van der Waals surface area (Å²) in [5.41, 5.74) is 0.295. The van der Waals surface area contributed by atoms with Crippen LogP contribution in [0.1, 0.15) is 37.7 Å². The Morgan fingerprint density at radius 2 is 1.42 bits per heavy atom. The van der Waals surface area contributed by atoms with E-state index in [1.807, 2.05) is 0 Å². The van der Waals surface area contributed by atoms with Crippen molar-refractivity contribution in [1.29, 1.82) is 0 Å². The van der Waals surface area contributed by atoms with Crippen LogP contribution in [0.2, 0.25) is 0 Å². The van der Waals surface area contributed by atoms with Crippen LogP contribution in [0.3, 0.4) is 0 Å². The molecule has 1 saturated heterocycles. The van der Waals surface area contributed by atoms with Crippen LogP contribution in [0.4, 0.5) is 15.3 Å². The lowest BCUT2D eigenvalue weighted by atomic mass is 10.0. The summed E-state index contributed by atoms with van der Waals surface area (Å²) in [5.74, 6) is -8.91. The number of carboxylic acid groups (broad SMARTS) is 3. The molecule has 1 aromatic rings. The van der Waals surface area contributed by atoms with Crippen molar-refractivity contribution in [3.05, 3.63) is 50.1 Å². The average Bonchev–Trinajstić information content (AvgIpc) is 2.91. The number of carboxylic acids is 3. The van der Waals surface area contributed by atoms with Gasteiger partial charge >= 0.3 is 47.9 Å². The normalized spacial score (nSPS) is 16.3.